The van der Waals surface area contributed by atoms with Gasteiger partial charge in [0.1, 0.15) is 12.3 Å². The van der Waals surface area contributed by atoms with E-state index in [0.29, 0.717) is 18.7 Å². The molecule has 12 heteroatoms. The lowest BCUT2D eigenvalue weighted by molar-refractivity contribution is -0.274. The number of hydrogen-bond donors (Lipinski definition) is 2. The van der Waals surface area contributed by atoms with E-state index in [1.807, 2.05) is 0 Å². The zero-order valence-corrected chi connectivity index (χ0v) is 17.7. The molecule has 3 rings (SSSR count). The molecule has 1 fully saturated rings. The van der Waals surface area contributed by atoms with Crippen LogP contribution in [0.25, 0.3) is 0 Å². The molecule has 0 spiro atoms. The normalized spacial score (nSPS) is 13.4. The zero-order chi connectivity index (χ0) is 24.7. The number of carbonyl (C=O) groups is 4. The van der Waals surface area contributed by atoms with Gasteiger partial charge in [0.05, 0.1) is 0 Å². The van der Waals surface area contributed by atoms with Gasteiger partial charge < -0.3 is 25.0 Å². The highest BCUT2D eigenvalue weighted by Gasteiger charge is 2.31. The van der Waals surface area contributed by atoms with Crippen LogP contribution in [0.15, 0.2) is 48.5 Å². The number of benzene rings is 2. The highest BCUT2D eigenvalue weighted by atomic mass is 19.4. The molecule has 1 aliphatic rings. The smallest absolute Gasteiger partial charge is 0.454 e. The second kappa shape index (κ2) is 10.7. The van der Waals surface area contributed by atoms with E-state index in [0.717, 1.165) is 18.6 Å². The summed E-state index contributed by atoms with van der Waals surface area (Å²) in [6.07, 6.45) is -3.55. The van der Waals surface area contributed by atoms with Crippen molar-refractivity contribution >= 4 is 35.1 Å². The van der Waals surface area contributed by atoms with Crippen LogP contribution in [0.3, 0.4) is 0 Å². The van der Waals surface area contributed by atoms with Crippen LogP contribution in [-0.4, -0.2) is 49.7 Å². The van der Waals surface area contributed by atoms with Gasteiger partial charge in [-0.1, -0.05) is 0 Å². The fourth-order valence-electron chi connectivity index (χ4n) is 3.10. The summed E-state index contributed by atoms with van der Waals surface area (Å²) in [6.45, 7) is -0.516. The maximum Gasteiger partial charge on any atom is 0.573 e. The molecule has 0 aliphatic carbocycles. The van der Waals surface area contributed by atoms with Gasteiger partial charge in [-0.2, -0.15) is 0 Å². The van der Waals surface area contributed by atoms with E-state index in [2.05, 4.69) is 15.4 Å². The average molecular weight is 479 g/mol. The zero-order valence-electron chi connectivity index (χ0n) is 17.7. The molecule has 34 heavy (non-hydrogen) atoms. The minimum absolute atomic E-state index is 0.0245. The summed E-state index contributed by atoms with van der Waals surface area (Å²) >= 11 is 0. The summed E-state index contributed by atoms with van der Waals surface area (Å²) in [5.41, 5.74) is 1.13. The average Bonchev–Trinajstić information content (AvgIpc) is 3.22. The number of nitrogens with zero attached hydrogens (tertiary/aromatic N) is 1. The van der Waals surface area contributed by atoms with Gasteiger partial charge in [0.25, 0.3) is 11.8 Å². The van der Waals surface area contributed by atoms with E-state index in [9.17, 15) is 32.3 Å². The Bertz CT molecular complexity index is 1060. The van der Waals surface area contributed by atoms with Crippen molar-refractivity contribution in [3.63, 3.8) is 0 Å². The molecule has 9 nitrogen and oxygen atoms in total. The van der Waals surface area contributed by atoms with Crippen molar-refractivity contribution in [2.75, 3.05) is 29.9 Å². The van der Waals surface area contributed by atoms with Crippen molar-refractivity contribution in [1.29, 1.82) is 0 Å². The quantitative estimate of drug-likeness (QED) is 0.563. The maximum absolute atomic E-state index is 12.2. The predicted octanol–water partition coefficient (Wildman–Crippen LogP) is 2.62. The van der Waals surface area contributed by atoms with Crippen LogP contribution < -0.4 is 20.3 Å². The second-order valence-corrected chi connectivity index (χ2v) is 7.16. The first-order valence-electron chi connectivity index (χ1n) is 10.1. The molecule has 0 bridgehead atoms. The number of esters is 1. The Balaban J connectivity index is 1.38. The Kier molecular flexibility index (Phi) is 7.71. The van der Waals surface area contributed by atoms with E-state index < -0.39 is 43.0 Å². The predicted molar refractivity (Wildman–Crippen MR) is 113 cm³/mol. The standard InChI is InChI=1S/C22H20F3N3O6/c23-22(24,25)34-17-9-5-15(6-10-17)27-18(29)13-33-20(31)12-26-21(32)14-3-7-16(8-4-14)28-11-1-2-19(28)30/h3-10H,1-2,11-13H2,(H,26,32)(H,27,29). The molecule has 2 aromatic carbocycles. The van der Waals surface area contributed by atoms with E-state index >= 15 is 0 Å². The van der Waals surface area contributed by atoms with Crippen molar-refractivity contribution in [2.45, 2.75) is 19.2 Å². The van der Waals surface area contributed by atoms with Gasteiger partial charge in [0.2, 0.25) is 5.91 Å². The van der Waals surface area contributed by atoms with Crippen LogP contribution in [0.5, 0.6) is 5.75 Å². The number of hydrogen-bond acceptors (Lipinski definition) is 6. The molecule has 3 amide bonds. The summed E-state index contributed by atoms with van der Waals surface area (Å²) in [7, 11) is 0. The van der Waals surface area contributed by atoms with E-state index in [1.54, 1.807) is 17.0 Å². The molecule has 1 heterocycles. The fourth-order valence-corrected chi connectivity index (χ4v) is 3.10. The van der Waals surface area contributed by atoms with Crippen LogP contribution in [0.2, 0.25) is 0 Å². The van der Waals surface area contributed by atoms with E-state index in [1.165, 1.54) is 24.3 Å². The third kappa shape index (κ3) is 7.22. The molecule has 0 aromatic heterocycles. The van der Waals surface area contributed by atoms with Crippen molar-refractivity contribution < 1.29 is 41.8 Å². The molecule has 1 saturated heterocycles. The molecular weight excluding hydrogens is 459 g/mol. The Morgan fingerprint density at radius 2 is 1.68 bits per heavy atom. The number of amides is 3. The van der Waals surface area contributed by atoms with Gasteiger partial charge >= 0.3 is 12.3 Å². The maximum atomic E-state index is 12.2. The molecule has 1 aliphatic heterocycles. The van der Waals surface area contributed by atoms with Crippen molar-refractivity contribution in [2.24, 2.45) is 0 Å². The number of anilines is 2. The third-order valence-electron chi connectivity index (χ3n) is 4.64. The van der Waals surface area contributed by atoms with Crippen LogP contribution >= 0.6 is 0 Å². The molecule has 2 aromatic rings. The minimum atomic E-state index is -4.83. The molecule has 2 N–H and O–H groups in total. The van der Waals surface area contributed by atoms with Gasteiger partial charge in [-0.05, 0) is 55.0 Å². The summed E-state index contributed by atoms with van der Waals surface area (Å²) in [5.74, 6) is -2.56. The lowest BCUT2D eigenvalue weighted by atomic mass is 10.2. The van der Waals surface area contributed by atoms with Gasteiger partial charge in [0.15, 0.2) is 6.61 Å². The van der Waals surface area contributed by atoms with Crippen LogP contribution in [0.1, 0.15) is 23.2 Å². The topological polar surface area (TPSA) is 114 Å². The molecule has 0 atom stereocenters. The van der Waals surface area contributed by atoms with Crippen molar-refractivity contribution in [1.82, 2.24) is 5.32 Å². The third-order valence-corrected chi connectivity index (χ3v) is 4.64. The van der Waals surface area contributed by atoms with E-state index in [4.69, 9.17) is 4.74 Å². The number of halogens is 3. The summed E-state index contributed by atoms with van der Waals surface area (Å²) in [4.78, 5) is 49.2. The van der Waals surface area contributed by atoms with Crippen molar-refractivity contribution in [3.8, 4) is 5.75 Å². The first kappa shape index (κ1) is 24.6. The monoisotopic (exact) mass is 479 g/mol. The molecule has 0 radical (unpaired) electrons. The molecule has 180 valence electrons. The van der Waals surface area contributed by atoms with Gasteiger partial charge in [-0.25, -0.2) is 0 Å². The lowest BCUT2D eigenvalue weighted by Gasteiger charge is -2.15. The first-order valence-corrected chi connectivity index (χ1v) is 10.1. The molecular formula is C22H20F3N3O6. The Labute approximate surface area is 191 Å². The first-order chi connectivity index (χ1) is 16.1. The largest absolute Gasteiger partial charge is 0.573 e. The number of alkyl halides is 3. The number of nitrogens with one attached hydrogen (secondary N) is 2. The highest BCUT2D eigenvalue weighted by Crippen LogP contribution is 2.24. The number of rotatable bonds is 8. The van der Waals surface area contributed by atoms with Gasteiger partial charge in [-0.3, -0.25) is 19.2 Å². The number of ether oxygens (including phenoxy) is 2. The SMILES string of the molecule is O=C(COC(=O)CNC(=O)c1ccc(N2CCCC2=O)cc1)Nc1ccc(OC(F)(F)F)cc1. The van der Waals surface area contributed by atoms with Crippen LogP contribution in [0, 0.1) is 0 Å². The number of carbonyl (C=O) groups excluding carboxylic acids is 4. The van der Waals surface area contributed by atoms with Crippen LogP contribution in [-0.2, 0) is 19.1 Å². The van der Waals surface area contributed by atoms with Gasteiger partial charge in [0, 0.05) is 29.9 Å². The van der Waals surface area contributed by atoms with Crippen LogP contribution in [0.4, 0.5) is 24.5 Å². The van der Waals surface area contributed by atoms with E-state index in [-0.39, 0.29) is 17.2 Å². The molecule has 0 saturated carbocycles. The highest BCUT2D eigenvalue weighted by molar-refractivity contribution is 5.98. The summed E-state index contributed by atoms with van der Waals surface area (Å²) in [6, 6.07) is 10.7. The second-order valence-electron chi connectivity index (χ2n) is 7.16. The summed E-state index contributed by atoms with van der Waals surface area (Å²) in [5, 5.41) is 4.70. The fraction of sp³-hybridized carbons (Fsp3) is 0.273. The summed E-state index contributed by atoms with van der Waals surface area (Å²) < 4.78 is 44.9. The Hall–Kier alpha value is -4.09. The Morgan fingerprint density at radius 1 is 1.00 bits per heavy atom. The van der Waals surface area contributed by atoms with Gasteiger partial charge in [-0.15, -0.1) is 13.2 Å². The molecule has 0 unspecified atom stereocenters. The minimum Gasteiger partial charge on any atom is -0.454 e. The Morgan fingerprint density at radius 3 is 2.26 bits per heavy atom. The van der Waals surface area contributed by atoms with Crippen molar-refractivity contribution in [3.05, 3.63) is 54.1 Å². The lowest BCUT2D eigenvalue weighted by Crippen LogP contribution is -2.32.